The Hall–Kier alpha value is -2.19. The normalized spacial score (nSPS) is 15.4. The van der Waals surface area contributed by atoms with Gasteiger partial charge in [0.15, 0.2) is 11.4 Å². The zero-order valence-electron chi connectivity index (χ0n) is 14.9. The standard InChI is InChI=1S/C21H25N2/c1-14-9-16(3)20(17(4)10-14)23(8-7-22-13-23)21-18(5)11-15(2)12-19(21)6/h7-13H,1-6H3/q+1. The summed E-state index contributed by atoms with van der Waals surface area (Å²) < 4.78 is 0.579. The van der Waals surface area contributed by atoms with Crippen molar-refractivity contribution in [3.05, 3.63) is 70.0 Å². The Morgan fingerprint density at radius 2 is 1.04 bits per heavy atom. The van der Waals surface area contributed by atoms with Crippen LogP contribution in [0.15, 0.2) is 41.7 Å². The SMILES string of the molecule is Cc1cc(C)c([N+]2(c3c(C)cc(C)cc3C)C=CN=C2)c(C)c1. The van der Waals surface area contributed by atoms with Crippen molar-refractivity contribution in [2.45, 2.75) is 41.5 Å². The molecule has 2 nitrogen and oxygen atoms in total. The second-order valence-electron chi connectivity index (χ2n) is 6.83. The van der Waals surface area contributed by atoms with E-state index < -0.39 is 0 Å². The zero-order valence-corrected chi connectivity index (χ0v) is 14.9. The molecule has 3 rings (SSSR count). The topological polar surface area (TPSA) is 12.4 Å². The number of aliphatic imine (C=N–C) groups is 1. The number of hydrogen-bond acceptors (Lipinski definition) is 1. The monoisotopic (exact) mass is 305 g/mol. The van der Waals surface area contributed by atoms with Gasteiger partial charge in [0.05, 0.1) is 6.20 Å². The largest absolute Gasteiger partial charge is 0.205 e. The third kappa shape index (κ3) is 2.43. The van der Waals surface area contributed by atoms with E-state index in [4.69, 9.17) is 0 Å². The molecule has 0 unspecified atom stereocenters. The highest BCUT2D eigenvalue weighted by molar-refractivity contribution is 5.91. The van der Waals surface area contributed by atoms with E-state index in [2.05, 4.69) is 83.3 Å². The molecule has 0 saturated heterocycles. The van der Waals surface area contributed by atoms with Crippen molar-refractivity contribution in [2.24, 2.45) is 4.99 Å². The Morgan fingerprint density at radius 3 is 1.35 bits per heavy atom. The molecule has 1 aliphatic heterocycles. The smallest absolute Gasteiger partial charge is 0.205 e. The summed E-state index contributed by atoms with van der Waals surface area (Å²) in [5.74, 6) is 0. The maximum absolute atomic E-state index is 4.47. The van der Waals surface area contributed by atoms with Crippen LogP contribution in [0.25, 0.3) is 0 Å². The van der Waals surface area contributed by atoms with Crippen LogP contribution in [-0.4, -0.2) is 6.34 Å². The van der Waals surface area contributed by atoms with Crippen LogP contribution in [0.4, 0.5) is 11.4 Å². The first-order valence-electron chi connectivity index (χ1n) is 8.12. The van der Waals surface area contributed by atoms with Gasteiger partial charge in [-0.3, -0.25) is 0 Å². The maximum Gasteiger partial charge on any atom is 0.205 e. The molecule has 0 spiro atoms. The number of benzene rings is 2. The lowest BCUT2D eigenvalue weighted by Gasteiger charge is -2.32. The molecule has 0 atom stereocenters. The summed E-state index contributed by atoms with van der Waals surface area (Å²) >= 11 is 0. The fourth-order valence-corrected chi connectivity index (χ4v) is 4.21. The Balaban J connectivity index is 2.38. The van der Waals surface area contributed by atoms with Crippen LogP contribution in [0.1, 0.15) is 33.4 Å². The lowest BCUT2D eigenvalue weighted by molar-refractivity contribution is 0.743. The lowest BCUT2D eigenvalue weighted by atomic mass is 9.98. The van der Waals surface area contributed by atoms with Crippen molar-refractivity contribution in [1.82, 2.24) is 4.48 Å². The molecule has 23 heavy (non-hydrogen) atoms. The van der Waals surface area contributed by atoms with Crippen LogP contribution in [-0.2, 0) is 0 Å². The van der Waals surface area contributed by atoms with Gasteiger partial charge in [0.25, 0.3) is 0 Å². The van der Waals surface area contributed by atoms with Gasteiger partial charge in [-0.2, -0.15) is 4.48 Å². The Morgan fingerprint density at radius 1 is 0.652 bits per heavy atom. The van der Waals surface area contributed by atoms with E-state index in [0.717, 1.165) is 0 Å². The van der Waals surface area contributed by atoms with Gasteiger partial charge in [-0.05, 0) is 41.5 Å². The predicted octanol–water partition coefficient (Wildman–Crippen LogP) is 5.69. The lowest BCUT2D eigenvalue weighted by Crippen LogP contribution is -2.37. The van der Waals surface area contributed by atoms with Crippen LogP contribution in [0.2, 0.25) is 0 Å². The minimum atomic E-state index is 0.579. The molecule has 2 aromatic rings. The molecule has 0 saturated carbocycles. The summed E-state index contributed by atoms with van der Waals surface area (Å²) in [6.07, 6.45) is 6.15. The second kappa shape index (κ2) is 5.47. The quantitative estimate of drug-likeness (QED) is 0.632. The third-order valence-electron chi connectivity index (χ3n) is 4.65. The highest BCUT2D eigenvalue weighted by atomic mass is 15.4. The Labute approximate surface area is 139 Å². The van der Waals surface area contributed by atoms with Crippen molar-refractivity contribution in [3.63, 3.8) is 0 Å². The van der Waals surface area contributed by atoms with E-state index in [-0.39, 0.29) is 0 Å². The number of aryl methyl sites for hydroxylation is 6. The Bertz CT molecular complexity index is 723. The molecule has 0 aliphatic carbocycles. The molecule has 0 aromatic heterocycles. The molecular weight excluding hydrogens is 280 g/mol. The zero-order chi connectivity index (χ0) is 16.8. The van der Waals surface area contributed by atoms with Gasteiger partial charge in [-0.25, -0.2) is 4.99 Å². The fraction of sp³-hybridized carbons (Fsp3) is 0.286. The molecule has 118 valence electrons. The molecule has 2 aromatic carbocycles. The predicted molar refractivity (Wildman–Crippen MR) is 100 cm³/mol. The molecule has 0 radical (unpaired) electrons. The van der Waals surface area contributed by atoms with Crippen molar-refractivity contribution in [3.8, 4) is 0 Å². The highest BCUT2D eigenvalue weighted by Gasteiger charge is 2.38. The van der Waals surface area contributed by atoms with E-state index in [1.54, 1.807) is 0 Å². The van der Waals surface area contributed by atoms with Crippen LogP contribution in [0.5, 0.6) is 0 Å². The third-order valence-corrected chi connectivity index (χ3v) is 4.65. The van der Waals surface area contributed by atoms with Crippen molar-refractivity contribution in [1.29, 1.82) is 0 Å². The van der Waals surface area contributed by atoms with E-state index in [1.807, 2.05) is 6.20 Å². The molecular formula is C21H25N2+. The van der Waals surface area contributed by atoms with Gasteiger partial charge in [-0.1, -0.05) is 35.4 Å². The summed E-state index contributed by atoms with van der Waals surface area (Å²) in [5.41, 5.74) is 10.4. The van der Waals surface area contributed by atoms with Gasteiger partial charge >= 0.3 is 0 Å². The van der Waals surface area contributed by atoms with Crippen LogP contribution >= 0.6 is 0 Å². The van der Waals surface area contributed by atoms with Crippen molar-refractivity contribution in [2.75, 3.05) is 0 Å². The summed E-state index contributed by atoms with van der Waals surface area (Å²) in [4.78, 5) is 4.47. The van der Waals surface area contributed by atoms with Gasteiger partial charge < -0.3 is 0 Å². The van der Waals surface area contributed by atoms with Gasteiger partial charge in [-0.15, -0.1) is 0 Å². The number of quaternary nitrogens is 1. The van der Waals surface area contributed by atoms with Crippen LogP contribution in [0, 0.1) is 41.5 Å². The summed E-state index contributed by atoms with van der Waals surface area (Å²) in [6, 6.07) is 9.06. The molecule has 0 N–H and O–H groups in total. The van der Waals surface area contributed by atoms with Gasteiger partial charge in [0.1, 0.15) is 6.20 Å². The highest BCUT2D eigenvalue weighted by Crippen LogP contribution is 2.44. The van der Waals surface area contributed by atoms with Crippen LogP contribution in [0.3, 0.4) is 0 Å². The number of hydrogen-bond donors (Lipinski definition) is 0. The van der Waals surface area contributed by atoms with Crippen molar-refractivity contribution < 1.29 is 0 Å². The summed E-state index contributed by atoms with van der Waals surface area (Å²) in [7, 11) is 0. The van der Waals surface area contributed by atoms with E-state index in [0.29, 0.717) is 4.48 Å². The van der Waals surface area contributed by atoms with Crippen molar-refractivity contribution >= 4 is 17.7 Å². The van der Waals surface area contributed by atoms with E-state index in [1.165, 1.54) is 44.8 Å². The minimum absolute atomic E-state index is 0.579. The van der Waals surface area contributed by atoms with E-state index >= 15 is 0 Å². The summed E-state index contributed by atoms with van der Waals surface area (Å²) in [5, 5.41) is 0. The van der Waals surface area contributed by atoms with Crippen LogP contribution < -0.4 is 4.48 Å². The second-order valence-corrected chi connectivity index (χ2v) is 6.83. The average Bonchev–Trinajstić information content (AvgIpc) is 2.85. The molecule has 0 fully saturated rings. The Kier molecular flexibility index (Phi) is 3.73. The number of nitrogens with zero attached hydrogens (tertiary/aromatic N) is 2. The summed E-state index contributed by atoms with van der Waals surface area (Å²) in [6.45, 7) is 13.1. The number of rotatable bonds is 2. The van der Waals surface area contributed by atoms with Gasteiger partial charge in [0.2, 0.25) is 6.34 Å². The molecule has 0 amide bonds. The maximum atomic E-state index is 4.47. The molecule has 1 aliphatic rings. The average molecular weight is 305 g/mol. The molecule has 2 heteroatoms. The molecule has 1 heterocycles. The van der Waals surface area contributed by atoms with E-state index in [9.17, 15) is 0 Å². The van der Waals surface area contributed by atoms with Gasteiger partial charge in [0, 0.05) is 22.3 Å². The minimum Gasteiger partial charge on any atom is -0.205 e. The first-order chi connectivity index (χ1) is 10.8. The first kappa shape index (κ1) is 15.7. The molecule has 0 bridgehead atoms. The first-order valence-corrected chi connectivity index (χ1v) is 8.12. The fourth-order valence-electron chi connectivity index (χ4n) is 4.21.